The fraction of sp³-hybridized carbons (Fsp3) is 0.182. The SMILES string of the molecule is COc1ccc(CC(=O)Nc2nnc(N)s2)cc1. The van der Waals surface area contributed by atoms with Crippen LogP contribution in [0.3, 0.4) is 0 Å². The van der Waals surface area contributed by atoms with E-state index in [0.717, 1.165) is 22.6 Å². The Balaban J connectivity index is 1.94. The van der Waals surface area contributed by atoms with Gasteiger partial charge in [0.15, 0.2) is 0 Å². The van der Waals surface area contributed by atoms with Gasteiger partial charge in [-0.3, -0.25) is 4.79 Å². The maximum absolute atomic E-state index is 11.7. The van der Waals surface area contributed by atoms with Crippen molar-refractivity contribution < 1.29 is 9.53 Å². The van der Waals surface area contributed by atoms with Crippen LogP contribution in [0.25, 0.3) is 0 Å². The normalized spacial score (nSPS) is 10.1. The molecule has 1 aromatic heterocycles. The molecule has 6 nitrogen and oxygen atoms in total. The summed E-state index contributed by atoms with van der Waals surface area (Å²) in [7, 11) is 1.60. The molecule has 0 spiro atoms. The number of benzene rings is 1. The zero-order chi connectivity index (χ0) is 13.0. The molecule has 0 bridgehead atoms. The standard InChI is InChI=1S/C11H12N4O2S/c1-17-8-4-2-7(3-5-8)6-9(16)13-11-15-14-10(12)18-11/h2-5H,6H2,1H3,(H2,12,14)(H,13,15,16). The second-order valence-corrected chi connectivity index (χ2v) is 4.53. The summed E-state index contributed by atoms with van der Waals surface area (Å²) in [5.74, 6) is 0.604. The second-order valence-electron chi connectivity index (χ2n) is 3.52. The van der Waals surface area contributed by atoms with Crippen LogP contribution >= 0.6 is 11.3 Å². The lowest BCUT2D eigenvalue weighted by Crippen LogP contribution is -2.14. The Morgan fingerprint density at radius 3 is 2.67 bits per heavy atom. The molecular weight excluding hydrogens is 252 g/mol. The van der Waals surface area contributed by atoms with E-state index in [4.69, 9.17) is 10.5 Å². The third-order valence-corrected chi connectivity index (χ3v) is 2.88. The van der Waals surface area contributed by atoms with E-state index in [0.29, 0.717) is 10.3 Å². The summed E-state index contributed by atoms with van der Waals surface area (Å²) in [6.07, 6.45) is 0.267. The first-order valence-corrected chi connectivity index (χ1v) is 6.01. The number of nitrogens with one attached hydrogen (secondary N) is 1. The number of anilines is 2. The average Bonchev–Trinajstić information content (AvgIpc) is 2.75. The van der Waals surface area contributed by atoms with Gasteiger partial charge in [0.05, 0.1) is 13.5 Å². The van der Waals surface area contributed by atoms with Crippen LogP contribution in [0.1, 0.15) is 5.56 Å². The van der Waals surface area contributed by atoms with Crippen LogP contribution < -0.4 is 15.8 Å². The number of ether oxygens (including phenoxy) is 1. The third kappa shape index (κ3) is 3.17. The van der Waals surface area contributed by atoms with Crippen molar-refractivity contribution in [2.75, 3.05) is 18.2 Å². The van der Waals surface area contributed by atoms with Gasteiger partial charge in [0.1, 0.15) is 5.75 Å². The lowest BCUT2D eigenvalue weighted by Gasteiger charge is -2.03. The summed E-state index contributed by atoms with van der Waals surface area (Å²) in [6, 6.07) is 7.30. The van der Waals surface area contributed by atoms with Crippen LogP contribution in [0.4, 0.5) is 10.3 Å². The molecule has 0 fully saturated rings. The molecule has 1 amide bonds. The summed E-state index contributed by atoms with van der Waals surface area (Å²) in [6.45, 7) is 0. The zero-order valence-corrected chi connectivity index (χ0v) is 10.5. The molecule has 7 heteroatoms. The van der Waals surface area contributed by atoms with E-state index in [1.807, 2.05) is 24.3 Å². The highest BCUT2D eigenvalue weighted by Crippen LogP contribution is 2.17. The van der Waals surface area contributed by atoms with Gasteiger partial charge in [-0.2, -0.15) is 0 Å². The van der Waals surface area contributed by atoms with Gasteiger partial charge in [-0.1, -0.05) is 23.5 Å². The van der Waals surface area contributed by atoms with Crippen molar-refractivity contribution in [3.8, 4) is 5.75 Å². The van der Waals surface area contributed by atoms with Crippen LogP contribution in [0.5, 0.6) is 5.75 Å². The molecule has 0 saturated heterocycles. The van der Waals surface area contributed by atoms with Crippen molar-refractivity contribution in [3.05, 3.63) is 29.8 Å². The molecule has 18 heavy (non-hydrogen) atoms. The van der Waals surface area contributed by atoms with Crippen LogP contribution in [0.2, 0.25) is 0 Å². The van der Waals surface area contributed by atoms with E-state index in [9.17, 15) is 4.79 Å². The van der Waals surface area contributed by atoms with Crippen molar-refractivity contribution in [1.29, 1.82) is 0 Å². The second kappa shape index (κ2) is 5.46. The quantitative estimate of drug-likeness (QED) is 0.869. The minimum atomic E-state index is -0.156. The summed E-state index contributed by atoms with van der Waals surface area (Å²) < 4.78 is 5.04. The van der Waals surface area contributed by atoms with Crippen LogP contribution in [-0.4, -0.2) is 23.2 Å². The Kier molecular flexibility index (Phi) is 3.73. The topological polar surface area (TPSA) is 90.1 Å². The number of hydrogen-bond donors (Lipinski definition) is 2. The predicted octanol–water partition coefficient (Wildman–Crippen LogP) is 1.31. The number of methoxy groups -OCH3 is 1. The van der Waals surface area contributed by atoms with Crippen molar-refractivity contribution in [2.24, 2.45) is 0 Å². The van der Waals surface area contributed by atoms with E-state index in [-0.39, 0.29) is 12.3 Å². The van der Waals surface area contributed by atoms with Crippen molar-refractivity contribution in [2.45, 2.75) is 6.42 Å². The van der Waals surface area contributed by atoms with Crippen LogP contribution in [-0.2, 0) is 11.2 Å². The Morgan fingerprint density at radius 1 is 1.39 bits per heavy atom. The number of nitrogen functional groups attached to an aromatic ring is 1. The highest BCUT2D eigenvalue weighted by Gasteiger charge is 2.07. The summed E-state index contributed by atoms with van der Waals surface area (Å²) in [5, 5.41) is 10.7. The minimum Gasteiger partial charge on any atom is -0.497 e. The minimum absolute atomic E-state index is 0.156. The maximum Gasteiger partial charge on any atom is 0.230 e. The van der Waals surface area contributed by atoms with E-state index >= 15 is 0 Å². The van der Waals surface area contributed by atoms with Gasteiger partial charge < -0.3 is 15.8 Å². The van der Waals surface area contributed by atoms with Crippen molar-refractivity contribution in [1.82, 2.24) is 10.2 Å². The number of nitrogens with two attached hydrogens (primary N) is 1. The molecule has 2 aromatic rings. The molecule has 0 unspecified atom stereocenters. The maximum atomic E-state index is 11.7. The third-order valence-electron chi connectivity index (χ3n) is 2.21. The molecule has 2 rings (SSSR count). The molecule has 0 saturated carbocycles. The van der Waals surface area contributed by atoms with Crippen molar-refractivity contribution >= 4 is 27.5 Å². The number of hydrogen-bond acceptors (Lipinski definition) is 6. The molecule has 0 aliphatic carbocycles. The zero-order valence-electron chi connectivity index (χ0n) is 9.71. The molecule has 1 aromatic carbocycles. The van der Waals surface area contributed by atoms with E-state index < -0.39 is 0 Å². The van der Waals surface area contributed by atoms with Gasteiger partial charge in [-0.05, 0) is 17.7 Å². The monoisotopic (exact) mass is 264 g/mol. The van der Waals surface area contributed by atoms with Crippen molar-refractivity contribution in [3.63, 3.8) is 0 Å². The van der Waals surface area contributed by atoms with E-state index in [1.165, 1.54) is 0 Å². The lowest BCUT2D eigenvalue weighted by molar-refractivity contribution is -0.115. The van der Waals surface area contributed by atoms with E-state index in [2.05, 4.69) is 15.5 Å². The molecule has 94 valence electrons. The van der Waals surface area contributed by atoms with Gasteiger partial charge in [0.25, 0.3) is 0 Å². The predicted molar refractivity (Wildman–Crippen MR) is 69.6 cm³/mol. The number of carbonyl (C=O) groups excluding carboxylic acids is 1. The number of amides is 1. The summed E-state index contributed by atoms with van der Waals surface area (Å²) >= 11 is 1.14. The number of carbonyl (C=O) groups is 1. The fourth-order valence-corrected chi connectivity index (χ4v) is 1.90. The largest absolute Gasteiger partial charge is 0.497 e. The average molecular weight is 264 g/mol. The number of nitrogens with zero attached hydrogens (tertiary/aromatic N) is 2. The Morgan fingerprint density at radius 2 is 2.11 bits per heavy atom. The fourth-order valence-electron chi connectivity index (χ4n) is 1.38. The molecule has 0 aliphatic heterocycles. The van der Waals surface area contributed by atoms with Crippen LogP contribution in [0, 0.1) is 0 Å². The smallest absolute Gasteiger partial charge is 0.230 e. The summed E-state index contributed by atoms with van der Waals surface area (Å²) in [4.78, 5) is 11.7. The number of rotatable bonds is 4. The van der Waals surface area contributed by atoms with Gasteiger partial charge in [-0.25, -0.2) is 0 Å². The van der Waals surface area contributed by atoms with Gasteiger partial charge in [-0.15, -0.1) is 10.2 Å². The van der Waals surface area contributed by atoms with Gasteiger partial charge >= 0.3 is 0 Å². The molecule has 3 N–H and O–H groups in total. The highest BCUT2D eigenvalue weighted by atomic mass is 32.1. The first kappa shape index (κ1) is 12.3. The Hall–Kier alpha value is -2.15. The summed E-state index contributed by atoms with van der Waals surface area (Å²) in [5.41, 5.74) is 6.31. The number of aromatic nitrogens is 2. The van der Waals surface area contributed by atoms with Gasteiger partial charge in [0.2, 0.25) is 16.2 Å². The first-order valence-electron chi connectivity index (χ1n) is 5.19. The highest BCUT2D eigenvalue weighted by molar-refractivity contribution is 7.18. The Bertz CT molecular complexity index is 538. The van der Waals surface area contributed by atoms with E-state index in [1.54, 1.807) is 7.11 Å². The first-order chi connectivity index (χ1) is 8.67. The Labute approximate surface area is 108 Å². The van der Waals surface area contributed by atoms with Crippen LogP contribution in [0.15, 0.2) is 24.3 Å². The molecule has 0 atom stereocenters. The van der Waals surface area contributed by atoms with Gasteiger partial charge in [0, 0.05) is 0 Å². The molecule has 0 radical (unpaired) electrons. The molecule has 1 heterocycles. The lowest BCUT2D eigenvalue weighted by atomic mass is 10.1. The molecular formula is C11H12N4O2S. The molecule has 0 aliphatic rings.